The summed E-state index contributed by atoms with van der Waals surface area (Å²) in [5, 5.41) is 261. The summed E-state index contributed by atoms with van der Waals surface area (Å²) < 4.78 is 65.8. The zero-order chi connectivity index (χ0) is 104. The highest BCUT2D eigenvalue weighted by Crippen LogP contribution is 2.49. The van der Waals surface area contributed by atoms with Crippen molar-refractivity contribution >= 4 is 65.7 Å². The van der Waals surface area contributed by atoms with Gasteiger partial charge < -0.3 is 189 Å². The average Bonchev–Trinajstić information content (AvgIpc) is 0.753. The van der Waals surface area contributed by atoms with Crippen molar-refractivity contribution in [1.82, 2.24) is 4.90 Å². The smallest absolute Gasteiger partial charge is 0.343 e. The van der Waals surface area contributed by atoms with Gasteiger partial charge in [0.1, 0.15) is 18.1 Å². The lowest BCUT2D eigenvalue weighted by atomic mass is 9.68. The molecular formula is C93H75NO48. The second-order valence-corrected chi connectivity index (χ2v) is 30.6. The molecule has 1 aliphatic carbocycles. The predicted octanol–water partition coefficient (Wildman–Crippen LogP) is 7.61. The van der Waals surface area contributed by atoms with E-state index in [-0.39, 0.29) is 12.0 Å². The fourth-order valence-corrected chi connectivity index (χ4v) is 14.0. The summed E-state index contributed by atoms with van der Waals surface area (Å²) in [5.41, 5.74) is -9.45. The van der Waals surface area contributed by atoms with Crippen LogP contribution in [0.3, 0.4) is 0 Å². The Morgan fingerprint density at radius 1 is 0.303 bits per heavy atom. The highest BCUT2D eigenvalue weighted by Gasteiger charge is 2.56. The van der Waals surface area contributed by atoms with Gasteiger partial charge in [0.05, 0.1) is 62.2 Å². The molecule has 0 radical (unpaired) electrons. The third-order valence-electron chi connectivity index (χ3n) is 20.9. The Hall–Kier alpha value is -19.7. The van der Waals surface area contributed by atoms with Crippen molar-refractivity contribution in [2.45, 2.75) is 61.9 Å². The normalized spacial score (nSPS) is 16.2. The van der Waals surface area contributed by atoms with Crippen molar-refractivity contribution in [1.29, 1.82) is 0 Å². The summed E-state index contributed by atoms with van der Waals surface area (Å²) >= 11 is 0. The molecule has 7 atom stereocenters. The number of phenols is 25. The number of carbonyl (C=O) groups excluding carboxylic acids is 11. The van der Waals surface area contributed by atoms with Crippen molar-refractivity contribution in [3.05, 3.63) is 225 Å². The van der Waals surface area contributed by atoms with Crippen molar-refractivity contribution < 1.29 is 237 Å². The Morgan fingerprint density at radius 2 is 0.549 bits per heavy atom. The molecule has 1 aliphatic heterocycles. The molecule has 49 heteroatoms. The fourth-order valence-electron chi connectivity index (χ4n) is 14.0. The van der Waals surface area contributed by atoms with Gasteiger partial charge >= 0.3 is 65.7 Å². The molecule has 2 aliphatic rings. The van der Waals surface area contributed by atoms with Crippen molar-refractivity contribution in [3.8, 4) is 172 Å². The summed E-state index contributed by atoms with van der Waals surface area (Å²) in [6.45, 7) is 0.567. The number of benzene rings is 11. The molecule has 0 aromatic heterocycles. The molecule has 0 saturated carbocycles. The quantitative estimate of drug-likeness (QED) is 0.00860. The molecular weight excluding hydrogens is 1900 g/mol. The molecule has 740 valence electrons. The van der Waals surface area contributed by atoms with E-state index in [9.17, 15) is 166 Å². The van der Waals surface area contributed by atoms with E-state index < -0.39 is 331 Å². The van der Waals surface area contributed by atoms with Gasteiger partial charge in [-0.05, 0) is 161 Å². The highest BCUT2D eigenvalue weighted by molar-refractivity contribution is 6.00. The van der Waals surface area contributed by atoms with Crippen LogP contribution in [0.4, 0.5) is 0 Å². The number of phenolic OH excluding ortho intramolecular Hbond substituents is 25. The van der Waals surface area contributed by atoms with E-state index in [4.69, 9.17) is 56.8 Å². The number of hydrogen-bond donors (Lipinski definition) is 25. The van der Waals surface area contributed by atoms with Gasteiger partial charge in [0.2, 0.25) is 41.1 Å². The molecule has 11 aromatic rings. The largest absolute Gasteiger partial charge is 0.504 e. The van der Waals surface area contributed by atoms with Crippen LogP contribution < -0.4 is 23.7 Å². The minimum atomic E-state index is -3.12. The lowest BCUT2D eigenvalue weighted by molar-refractivity contribution is -0.282. The first-order valence-electron chi connectivity index (χ1n) is 40.4. The minimum Gasteiger partial charge on any atom is -0.504 e. The van der Waals surface area contributed by atoms with E-state index in [1.165, 1.54) is 0 Å². The van der Waals surface area contributed by atoms with E-state index >= 15 is 14.4 Å². The number of likely N-dealkylation sites (N-methyl/N-ethyl adjacent to an activating group) is 1. The van der Waals surface area contributed by atoms with Crippen LogP contribution >= 0.6 is 0 Å². The molecule has 11 aromatic carbocycles. The standard InChI is InChI=1S/C76H52O46.C17H23NO2/c77-32-1-22(2-33(78)53(32)92)67(103)113-47-16-27(11-42(87)58(47)97)66(102)112-21-52-63(119-72(108)28-12-43(88)59(98)48(17-28)114-68(104)23-3-34(79)54(93)35(80)4-23)64(120-73(109)29-13-44(89)60(99)49(18-29)115-69(105)24-5-36(81)55(94)37(82)6-24)65(121-74(110)30-14-45(90)61(100)50(19-30)116-70(106)25-7-38(83)56(95)39(84)8-25)76(118-52)122-75(111)31-15-46(91)62(101)51(20-31)117-71(107)26-9-40(85)57(96)41(86)10-26;1-4-20-16(19)17(14-10-6-5-7-11-14)13-9-8-12-15(17)18(2)3/h1-20,52,63-65,76-101H,21H2;5-8,10-12,15H,4,9,13H2,1-3H3/t52-,63-,64+,65-,76+;15-,17+/m11/s1. The Kier molecular flexibility index (Phi) is 29.4. The van der Waals surface area contributed by atoms with Crippen molar-refractivity contribution in [3.63, 3.8) is 0 Å². The third-order valence-corrected chi connectivity index (χ3v) is 20.9. The summed E-state index contributed by atoms with van der Waals surface area (Å²) in [6, 6.07) is 18.6. The summed E-state index contributed by atoms with van der Waals surface area (Å²) in [5.74, 6) is -56.1. The van der Waals surface area contributed by atoms with E-state index in [0.29, 0.717) is 128 Å². The number of hydrogen-bond acceptors (Lipinski definition) is 49. The lowest BCUT2D eigenvalue weighted by Crippen LogP contribution is -2.63. The predicted molar refractivity (Wildman–Crippen MR) is 463 cm³/mol. The molecule has 1 saturated heterocycles. The SMILES string of the molecule is CCOC(=O)[C@]1(c2ccccc2)CCC=C[C@H]1N(C)C.O=C(OC[C@H]1O[C@@H](OC(=O)c2cc(O)c(O)c(OC(=O)c3cc(O)c(O)c(O)c3)c2)[C@H](OC(=O)c2cc(O)c(O)c(OC(=O)c3cc(O)c(O)c(O)c3)c2)[C@@H](OC(=O)c2cc(O)c(O)c(OC(=O)c3cc(O)c(O)c(O)c3)c2)[C@@H]1OC(=O)c1cc(O)c(O)c(OC(=O)c2cc(O)c(O)c(O)c2)c1)c1cc(O)c(O)c(OC(=O)c2cc(O)c(O)c(O)c2)c1. The Bertz CT molecular complexity index is 6870. The van der Waals surface area contributed by atoms with Gasteiger partial charge in [-0.25, -0.2) is 47.9 Å². The molecule has 0 bridgehead atoms. The molecule has 0 spiro atoms. The van der Waals surface area contributed by atoms with Crippen molar-refractivity contribution in [2.24, 2.45) is 0 Å². The van der Waals surface area contributed by atoms with Crippen LogP contribution in [0.5, 0.6) is 172 Å². The van der Waals surface area contributed by atoms with Crippen LogP contribution in [0.2, 0.25) is 0 Å². The van der Waals surface area contributed by atoms with Crippen LogP contribution in [0, 0.1) is 0 Å². The van der Waals surface area contributed by atoms with Crippen molar-refractivity contribution in [2.75, 3.05) is 27.3 Å². The van der Waals surface area contributed by atoms with Gasteiger partial charge in [0, 0.05) is 6.04 Å². The zero-order valence-corrected chi connectivity index (χ0v) is 72.4. The molecule has 142 heavy (non-hydrogen) atoms. The molecule has 13 rings (SSSR count). The lowest BCUT2D eigenvalue weighted by Gasteiger charge is -2.43. The molecule has 1 heterocycles. The van der Waals surface area contributed by atoms with Crippen LogP contribution in [0.25, 0.3) is 0 Å². The number of rotatable bonds is 25. The van der Waals surface area contributed by atoms with E-state index in [0.717, 1.165) is 18.4 Å². The number of carbonyl (C=O) groups is 11. The van der Waals surface area contributed by atoms with Crippen LogP contribution in [-0.4, -0.2) is 262 Å². The van der Waals surface area contributed by atoms with E-state index in [2.05, 4.69) is 17.1 Å². The van der Waals surface area contributed by atoms with Gasteiger partial charge in [-0.1, -0.05) is 42.5 Å². The highest BCUT2D eigenvalue weighted by atomic mass is 16.8. The maximum atomic E-state index is 15.3. The van der Waals surface area contributed by atoms with E-state index in [1.807, 2.05) is 51.4 Å². The number of allylic oxidation sites excluding steroid dienone is 1. The number of esters is 11. The Morgan fingerprint density at radius 3 is 0.824 bits per heavy atom. The number of aromatic hydroxyl groups is 25. The first-order chi connectivity index (χ1) is 67.0. The molecule has 1 fully saturated rings. The molecule has 0 unspecified atom stereocenters. The molecule has 25 N–H and O–H groups in total. The first kappa shape index (κ1) is 101. The maximum Gasteiger partial charge on any atom is 0.343 e. The number of nitrogens with zero attached hydrogens (tertiary/aromatic N) is 1. The van der Waals surface area contributed by atoms with Gasteiger partial charge in [0.15, 0.2) is 156 Å². The molecule has 49 nitrogen and oxygen atoms in total. The zero-order valence-electron chi connectivity index (χ0n) is 72.4. The average molecular weight is 1970 g/mol. The van der Waals surface area contributed by atoms with E-state index in [1.54, 1.807) is 0 Å². The van der Waals surface area contributed by atoms with Gasteiger partial charge in [-0.15, -0.1) is 0 Å². The van der Waals surface area contributed by atoms with Gasteiger partial charge in [0.25, 0.3) is 0 Å². The third kappa shape index (κ3) is 21.5. The van der Waals surface area contributed by atoms with Gasteiger partial charge in [-0.2, -0.15) is 0 Å². The van der Waals surface area contributed by atoms with Crippen LogP contribution in [-0.2, 0) is 43.4 Å². The number of ether oxygens (including phenoxy) is 12. The minimum absolute atomic E-state index is 0.0256. The monoisotopic (exact) mass is 1970 g/mol. The first-order valence-corrected chi connectivity index (χ1v) is 40.4. The summed E-state index contributed by atoms with van der Waals surface area (Å²) in [6.07, 6.45) is -9.07. The van der Waals surface area contributed by atoms with Crippen LogP contribution in [0.1, 0.15) is 129 Å². The summed E-state index contributed by atoms with van der Waals surface area (Å²) in [4.78, 5) is 157. The fraction of sp³-hybridized carbons (Fsp3) is 0.151. The maximum absolute atomic E-state index is 15.3. The van der Waals surface area contributed by atoms with Gasteiger partial charge in [-0.3, -0.25) is 4.79 Å². The Balaban J connectivity index is 0.000000797. The topological polar surface area (TPSA) is 808 Å². The molecule has 0 amide bonds. The van der Waals surface area contributed by atoms with Crippen LogP contribution in [0.15, 0.2) is 164 Å². The second-order valence-electron chi connectivity index (χ2n) is 30.6. The Labute approximate surface area is 791 Å². The second kappa shape index (κ2) is 41.2. The summed E-state index contributed by atoms with van der Waals surface area (Å²) in [7, 11) is 4.02.